The van der Waals surface area contributed by atoms with Crippen molar-refractivity contribution in [2.75, 3.05) is 4.90 Å². The number of hydrogen-bond acceptors (Lipinski definition) is 2. The Morgan fingerprint density at radius 3 is 2.24 bits per heavy atom. The van der Waals surface area contributed by atoms with E-state index in [0.717, 1.165) is 23.1 Å². The number of aryl methyl sites for hydroxylation is 1. The number of nitrogens with zero attached hydrogens (tertiary/aromatic N) is 1. The summed E-state index contributed by atoms with van der Waals surface area (Å²) in [5, 5.41) is 1.32. The molecule has 3 fully saturated rings. The molecule has 0 spiro atoms. The number of carbonyl (C=O) groups is 2. The van der Waals surface area contributed by atoms with Crippen molar-refractivity contribution in [3.8, 4) is 11.8 Å². The minimum absolute atomic E-state index is 0.0302. The van der Waals surface area contributed by atoms with Gasteiger partial charge in [-0.05, 0) is 79.1 Å². The minimum Gasteiger partial charge on any atom is -0.274 e. The van der Waals surface area contributed by atoms with Gasteiger partial charge in [-0.3, -0.25) is 14.5 Å². The number of hydrogen-bond donors (Lipinski definition) is 0. The molecular formula is C32H25Cl2NO2. The maximum atomic E-state index is 13.7. The van der Waals surface area contributed by atoms with Crippen LogP contribution >= 0.6 is 23.2 Å². The van der Waals surface area contributed by atoms with Gasteiger partial charge in [-0.1, -0.05) is 83.1 Å². The molecular weight excluding hydrogens is 501 g/mol. The van der Waals surface area contributed by atoms with Gasteiger partial charge in [-0.25, -0.2) is 0 Å². The molecule has 3 aromatic carbocycles. The van der Waals surface area contributed by atoms with Crippen LogP contribution in [0.1, 0.15) is 23.1 Å². The summed E-state index contributed by atoms with van der Waals surface area (Å²) < 4.78 is 0. The van der Waals surface area contributed by atoms with E-state index in [1.807, 2.05) is 79.7 Å². The van der Waals surface area contributed by atoms with Crippen molar-refractivity contribution in [1.82, 2.24) is 0 Å². The third-order valence-corrected chi connectivity index (χ3v) is 8.56. The van der Waals surface area contributed by atoms with Gasteiger partial charge in [0.25, 0.3) is 0 Å². The monoisotopic (exact) mass is 525 g/mol. The van der Waals surface area contributed by atoms with Crippen LogP contribution in [0.3, 0.4) is 0 Å². The van der Waals surface area contributed by atoms with Gasteiger partial charge in [0.05, 0.1) is 17.5 Å². The second-order valence-electron chi connectivity index (χ2n) is 10.3. The third-order valence-electron chi connectivity index (χ3n) is 8.09. The Balaban J connectivity index is 1.37. The van der Waals surface area contributed by atoms with Gasteiger partial charge in [0.1, 0.15) is 0 Å². The number of rotatable bonds is 3. The van der Waals surface area contributed by atoms with Crippen molar-refractivity contribution < 1.29 is 9.59 Å². The van der Waals surface area contributed by atoms with Crippen LogP contribution < -0.4 is 4.90 Å². The lowest BCUT2D eigenvalue weighted by Gasteiger charge is -2.31. The molecule has 1 aliphatic heterocycles. The zero-order valence-corrected chi connectivity index (χ0v) is 21.8. The summed E-state index contributed by atoms with van der Waals surface area (Å²) in [5.41, 5.74) is 3.59. The highest BCUT2D eigenvalue weighted by atomic mass is 35.5. The van der Waals surface area contributed by atoms with E-state index in [2.05, 4.69) is 24.0 Å². The summed E-state index contributed by atoms with van der Waals surface area (Å²) in [6.45, 7) is 1.99. The highest BCUT2D eigenvalue weighted by molar-refractivity contribution is 6.31. The first-order chi connectivity index (χ1) is 17.9. The molecule has 1 saturated heterocycles. The van der Waals surface area contributed by atoms with Gasteiger partial charge in [-0.15, -0.1) is 0 Å². The fraction of sp³-hybridized carbons (Fsp3) is 0.250. The molecule has 0 radical (unpaired) electrons. The number of anilines is 1. The average Bonchev–Trinajstić information content (AvgIpc) is 3.51. The van der Waals surface area contributed by atoms with Gasteiger partial charge in [-0.2, -0.15) is 0 Å². The number of fused-ring (bicyclic) bond motifs is 5. The summed E-state index contributed by atoms with van der Waals surface area (Å²) in [4.78, 5) is 28.8. The van der Waals surface area contributed by atoms with E-state index in [9.17, 15) is 9.59 Å². The van der Waals surface area contributed by atoms with Crippen molar-refractivity contribution in [1.29, 1.82) is 0 Å². The minimum atomic E-state index is -0.326. The molecule has 3 aliphatic rings. The largest absolute Gasteiger partial charge is 0.274 e. The first-order valence-corrected chi connectivity index (χ1v) is 13.3. The van der Waals surface area contributed by atoms with Gasteiger partial charge >= 0.3 is 0 Å². The van der Waals surface area contributed by atoms with E-state index >= 15 is 0 Å². The predicted octanol–water partition coefficient (Wildman–Crippen LogP) is 7.05. The molecule has 3 nitrogen and oxygen atoms in total. The standard InChI is InChI=1S/C32H25Cl2NO2/c1-19-8-12-24(13-9-19)35-31(36)29-27-18-28(30(29)32(35)37)26(15-11-21-5-3-7-23(34)17-21)25(27)14-10-20-4-2-6-22(33)16-20/h2-10,12-14,16-17,25-30H,18H2,1H3/b14-10+/t25-,26+,27-,28+,29+,30-/m1/s1. The Bertz CT molecular complexity index is 1480. The second kappa shape index (κ2) is 9.53. The number of allylic oxidation sites excluding steroid dienone is 1. The van der Waals surface area contributed by atoms with E-state index in [-0.39, 0.29) is 47.3 Å². The molecule has 2 bridgehead atoms. The molecule has 0 N–H and O–H groups in total. The Kier molecular flexibility index (Phi) is 6.19. The number of benzene rings is 3. The van der Waals surface area contributed by atoms with Gasteiger partial charge in [0, 0.05) is 21.5 Å². The quantitative estimate of drug-likeness (QED) is 0.271. The highest BCUT2D eigenvalue weighted by Crippen LogP contribution is 2.62. The molecule has 184 valence electrons. The molecule has 6 atom stereocenters. The normalized spacial score (nSPS) is 28.0. The van der Waals surface area contributed by atoms with Crippen LogP contribution in [0.15, 0.2) is 78.9 Å². The predicted molar refractivity (Wildman–Crippen MR) is 148 cm³/mol. The lowest BCUT2D eigenvalue weighted by molar-refractivity contribution is -0.123. The Labute approximate surface area is 227 Å². The van der Waals surface area contributed by atoms with E-state index in [1.54, 1.807) is 0 Å². The van der Waals surface area contributed by atoms with E-state index in [1.165, 1.54) is 4.90 Å². The van der Waals surface area contributed by atoms with Gasteiger partial charge in [0.15, 0.2) is 0 Å². The SMILES string of the molecule is Cc1ccc(N2C(=O)[C@@H]3[C@H]4C[C@H]([C@H](/C=C/c5cccc(Cl)c5)[C@@H]4C#Cc4cccc(Cl)c4)[C@@H]3C2=O)cc1. The average molecular weight is 526 g/mol. The molecule has 2 aliphatic carbocycles. The molecule has 37 heavy (non-hydrogen) atoms. The Hall–Kier alpha value is -3.32. The maximum absolute atomic E-state index is 13.7. The maximum Gasteiger partial charge on any atom is 0.238 e. The lowest BCUT2D eigenvalue weighted by Crippen LogP contribution is -2.35. The van der Waals surface area contributed by atoms with Crippen LogP contribution in [0.4, 0.5) is 5.69 Å². The smallest absolute Gasteiger partial charge is 0.238 e. The molecule has 1 heterocycles. The third kappa shape index (κ3) is 4.29. The Morgan fingerprint density at radius 2 is 1.54 bits per heavy atom. The number of imide groups is 1. The zero-order valence-electron chi connectivity index (χ0n) is 20.3. The molecule has 3 aromatic rings. The second-order valence-corrected chi connectivity index (χ2v) is 11.1. The van der Waals surface area contributed by atoms with Gasteiger partial charge in [0.2, 0.25) is 11.8 Å². The Morgan fingerprint density at radius 1 is 0.865 bits per heavy atom. The highest BCUT2D eigenvalue weighted by Gasteiger charge is 2.66. The van der Waals surface area contributed by atoms with E-state index in [4.69, 9.17) is 23.2 Å². The summed E-state index contributed by atoms with van der Waals surface area (Å²) in [6, 6.07) is 22.8. The number of halogens is 2. The van der Waals surface area contributed by atoms with Crippen LogP contribution in [-0.4, -0.2) is 11.8 Å². The molecule has 5 heteroatoms. The summed E-state index contributed by atoms with van der Waals surface area (Å²) in [5.74, 6) is 6.13. The lowest BCUT2D eigenvalue weighted by atomic mass is 9.69. The summed E-state index contributed by atoms with van der Waals surface area (Å²) in [6.07, 6.45) is 5.07. The van der Waals surface area contributed by atoms with Crippen molar-refractivity contribution in [3.05, 3.63) is 106 Å². The summed E-state index contributed by atoms with van der Waals surface area (Å²) >= 11 is 12.4. The number of carbonyl (C=O) groups excluding carboxylic acids is 2. The molecule has 6 rings (SSSR count). The first-order valence-electron chi connectivity index (χ1n) is 12.6. The summed E-state index contributed by atoms with van der Waals surface area (Å²) in [7, 11) is 0. The van der Waals surface area contributed by atoms with Crippen LogP contribution in [0, 0.1) is 54.3 Å². The molecule has 0 unspecified atom stereocenters. The van der Waals surface area contributed by atoms with E-state index < -0.39 is 0 Å². The van der Waals surface area contributed by atoms with Crippen LogP contribution in [0.5, 0.6) is 0 Å². The fourth-order valence-corrected chi connectivity index (χ4v) is 6.91. The van der Waals surface area contributed by atoms with Crippen LogP contribution in [0.2, 0.25) is 10.0 Å². The number of amides is 2. The van der Waals surface area contributed by atoms with Crippen LogP contribution in [0.25, 0.3) is 6.08 Å². The van der Waals surface area contributed by atoms with Crippen molar-refractivity contribution in [3.63, 3.8) is 0 Å². The molecule has 0 aromatic heterocycles. The zero-order chi connectivity index (χ0) is 25.7. The fourth-order valence-electron chi connectivity index (χ4n) is 6.52. The van der Waals surface area contributed by atoms with Crippen molar-refractivity contribution in [2.45, 2.75) is 13.3 Å². The topological polar surface area (TPSA) is 37.4 Å². The molecule has 2 amide bonds. The first kappa shape index (κ1) is 24.0. The molecule has 2 saturated carbocycles. The van der Waals surface area contributed by atoms with Crippen molar-refractivity contribution in [2.24, 2.45) is 35.5 Å². The van der Waals surface area contributed by atoms with Gasteiger partial charge < -0.3 is 0 Å². The van der Waals surface area contributed by atoms with Crippen molar-refractivity contribution >= 4 is 46.8 Å². The van der Waals surface area contributed by atoms with E-state index in [0.29, 0.717) is 15.7 Å². The van der Waals surface area contributed by atoms with Crippen LogP contribution in [-0.2, 0) is 9.59 Å².